The number of hydrogen-bond donors (Lipinski definition) is 3. The summed E-state index contributed by atoms with van der Waals surface area (Å²) in [4.78, 5) is 39.9. The lowest BCUT2D eigenvalue weighted by molar-refractivity contribution is 0.0937. The van der Waals surface area contributed by atoms with Crippen molar-refractivity contribution >= 4 is 35.0 Å². The average molecular weight is 416 g/mol. The zero-order chi connectivity index (χ0) is 21.1. The van der Waals surface area contributed by atoms with Gasteiger partial charge in [-0.1, -0.05) is 17.7 Å². The van der Waals surface area contributed by atoms with Gasteiger partial charge >= 0.3 is 0 Å². The first kappa shape index (κ1) is 20.0. The number of anilines is 1. The third-order valence-corrected chi connectivity index (χ3v) is 4.43. The maximum absolute atomic E-state index is 13.5. The Morgan fingerprint density at radius 1 is 1.10 bits per heavy atom. The van der Waals surface area contributed by atoms with E-state index in [9.17, 15) is 18.8 Å². The van der Waals surface area contributed by atoms with Crippen molar-refractivity contribution in [2.24, 2.45) is 5.73 Å². The molecule has 1 heterocycles. The highest BCUT2D eigenvalue weighted by molar-refractivity contribution is 6.34. The smallest absolute Gasteiger partial charge is 0.272 e. The Morgan fingerprint density at radius 2 is 1.79 bits per heavy atom. The quantitative estimate of drug-likeness (QED) is 0.592. The van der Waals surface area contributed by atoms with Crippen LogP contribution in [0.5, 0.6) is 0 Å². The van der Waals surface area contributed by atoms with Crippen molar-refractivity contribution in [3.63, 3.8) is 0 Å². The molecule has 0 spiro atoms. The van der Waals surface area contributed by atoms with Crippen molar-refractivity contribution in [2.45, 2.75) is 0 Å². The molecule has 8 nitrogen and oxygen atoms in total. The lowest BCUT2D eigenvalue weighted by Gasteiger charge is -2.10. The number of nitrogens with zero attached hydrogens (tertiary/aromatic N) is 2. The Hall–Kier alpha value is -3.72. The number of nitrogens with two attached hydrogens (primary N) is 1. The number of carbonyl (C=O) groups is 3. The van der Waals surface area contributed by atoms with E-state index in [2.05, 4.69) is 15.6 Å². The lowest BCUT2D eigenvalue weighted by atomic mass is 10.2. The minimum absolute atomic E-state index is 0.00316. The third-order valence-electron chi connectivity index (χ3n) is 4.04. The molecule has 29 heavy (non-hydrogen) atoms. The van der Waals surface area contributed by atoms with Crippen molar-refractivity contribution in [2.75, 3.05) is 12.4 Å². The number of benzene rings is 2. The van der Waals surface area contributed by atoms with E-state index >= 15 is 0 Å². The highest BCUT2D eigenvalue weighted by Gasteiger charge is 2.22. The maximum Gasteiger partial charge on any atom is 0.272 e. The number of amides is 3. The van der Waals surface area contributed by atoms with Gasteiger partial charge in [0.1, 0.15) is 17.8 Å². The zero-order valence-electron chi connectivity index (χ0n) is 15.1. The van der Waals surface area contributed by atoms with E-state index < -0.39 is 23.5 Å². The van der Waals surface area contributed by atoms with Gasteiger partial charge in [-0.3, -0.25) is 19.0 Å². The van der Waals surface area contributed by atoms with Crippen LogP contribution in [0.4, 0.5) is 10.1 Å². The summed E-state index contributed by atoms with van der Waals surface area (Å²) in [6.45, 7) is 0. The molecular weight excluding hydrogens is 401 g/mol. The number of carbonyl (C=O) groups excluding carboxylic acids is 3. The summed E-state index contributed by atoms with van der Waals surface area (Å²) in [5.41, 5.74) is 6.12. The number of rotatable bonds is 5. The standard InChI is InChI=1S/C19H15ClFN5O3/c1-23-19(29)15-16(17(22)27)26(9-24-15)11-7-5-10(6-8-11)25-18(28)12-3-2-4-13(21)14(12)20/h2-9H,1H3,(H2,22,27)(H,23,29)(H,25,28). The van der Waals surface area contributed by atoms with Crippen LogP contribution in [0, 0.1) is 5.82 Å². The van der Waals surface area contributed by atoms with Gasteiger partial charge in [0.15, 0.2) is 5.69 Å². The Labute approximate surface area is 169 Å². The molecule has 148 valence electrons. The van der Waals surface area contributed by atoms with Gasteiger partial charge in [-0.25, -0.2) is 9.37 Å². The Balaban J connectivity index is 1.87. The molecule has 3 rings (SSSR count). The molecule has 0 aliphatic rings. The van der Waals surface area contributed by atoms with Crippen molar-refractivity contribution in [1.29, 1.82) is 0 Å². The normalized spacial score (nSPS) is 10.4. The van der Waals surface area contributed by atoms with Crippen LogP contribution in [0.1, 0.15) is 31.3 Å². The second-order valence-electron chi connectivity index (χ2n) is 5.86. The van der Waals surface area contributed by atoms with Gasteiger partial charge in [0, 0.05) is 18.4 Å². The molecule has 0 atom stereocenters. The number of aromatic nitrogens is 2. The van der Waals surface area contributed by atoms with Crippen LogP contribution < -0.4 is 16.4 Å². The summed E-state index contributed by atoms with van der Waals surface area (Å²) in [7, 11) is 1.41. The molecule has 1 aromatic heterocycles. The SMILES string of the molecule is CNC(=O)c1ncn(-c2ccc(NC(=O)c3cccc(F)c3Cl)cc2)c1C(N)=O. The van der Waals surface area contributed by atoms with Gasteiger partial charge in [-0.2, -0.15) is 0 Å². The summed E-state index contributed by atoms with van der Waals surface area (Å²) in [5, 5.41) is 4.72. The van der Waals surface area contributed by atoms with E-state index in [-0.39, 0.29) is 22.0 Å². The molecule has 0 saturated carbocycles. The van der Waals surface area contributed by atoms with Crippen LogP contribution >= 0.6 is 11.6 Å². The Bertz CT molecular complexity index is 1110. The van der Waals surface area contributed by atoms with Crippen LogP contribution in [0.15, 0.2) is 48.8 Å². The fourth-order valence-corrected chi connectivity index (χ4v) is 2.86. The molecule has 2 aromatic carbocycles. The largest absolute Gasteiger partial charge is 0.364 e. The molecular formula is C19H15ClFN5O3. The lowest BCUT2D eigenvalue weighted by Crippen LogP contribution is -2.25. The van der Waals surface area contributed by atoms with Crippen molar-refractivity contribution in [3.05, 3.63) is 76.6 Å². The van der Waals surface area contributed by atoms with E-state index in [4.69, 9.17) is 17.3 Å². The molecule has 10 heteroatoms. The topological polar surface area (TPSA) is 119 Å². The monoisotopic (exact) mass is 415 g/mol. The summed E-state index contributed by atoms with van der Waals surface area (Å²) < 4.78 is 14.9. The van der Waals surface area contributed by atoms with Crippen LogP contribution in [-0.4, -0.2) is 34.3 Å². The van der Waals surface area contributed by atoms with Crippen LogP contribution in [0.25, 0.3) is 5.69 Å². The number of imidazole rings is 1. The molecule has 0 saturated heterocycles. The summed E-state index contributed by atoms with van der Waals surface area (Å²) in [5.74, 6) is -2.64. The van der Waals surface area contributed by atoms with E-state index in [0.717, 1.165) is 6.07 Å². The average Bonchev–Trinajstić information content (AvgIpc) is 3.15. The van der Waals surface area contributed by atoms with Gasteiger partial charge < -0.3 is 16.4 Å². The molecule has 4 N–H and O–H groups in total. The van der Waals surface area contributed by atoms with E-state index in [0.29, 0.717) is 11.4 Å². The molecule has 0 aliphatic heterocycles. The summed E-state index contributed by atoms with van der Waals surface area (Å²) >= 11 is 5.82. The molecule has 0 fully saturated rings. The fourth-order valence-electron chi connectivity index (χ4n) is 2.65. The van der Waals surface area contributed by atoms with Gasteiger partial charge in [-0.05, 0) is 36.4 Å². The number of nitrogens with one attached hydrogen (secondary N) is 2. The molecule has 3 aromatic rings. The molecule has 0 unspecified atom stereocenters. The van der Waals surface area contributed by atoms with Gasteiger partial charge in [0.05, 0.1) is 10.6 Å². The second-order valence-corrected chi connectivity index (χ2v) is 6.24. The zero-order valence-corrected chi connectivity index (χ0v) is 15.8. The van der Waals surface area contributed by atoms with Gasteiger partial charge in [0.25, 0.3) is 17.7 Å². The summed E-state index contributed by atoms with van der Waals surface area (Å²) in [6, 6.07) is 10.2. The van der Waals surface area contributed by atoms with Crippen LogP contribution in [-0.2, 0) is 0 Å². The van der Waals surface area contributed by atoms with Crippen LogP contribution in [0.3, 0.4) is 0 Å². The molecule has 3 amide bonds. The predicted octanol–water partition coefficient (Wildman–Crippen LogP) is 2.38. The fraction of sp³-hybridized carbons (Fsp3) is 0.0526. The number of primary amides is 1. The number of hydrogen-bond acceptors (Lipinski definition) is 4. The first-order chi connectivity index (χ1) is 13.8. The Kier molecular flexibility index (Phi) is 5.60. The predicted molar refractivity (Wildman–Crippen MR) is 105 cm³/mol. The maximum atomic E-state index is 13.5. The minimum atomic E-state index is -0.820. The third kappa shape index (κ3) is 3.94. The molecule has 0 aliphatic carbocycles. The van der Waals surface area contributed by atoms with Gasteiger partial charge in [-0.15, -0.1) is 0 Å². The van der Waals surface area contributed by atoms with E-state index in [1.54, 1.807) is 24.3 Å². The van der Waals surface area contributed by atoms with E-state index in [1.165, 1.54) is 30.1 Å². The molecule has 0 bridgehead atoms. The number of halogens is 2. The Morgan fingerprint density at radius 3 is 2.41 bits per heavy atom. The second kappa shape index (κ2) is 8.11. The van der Waals surface area contributed by atoms with Crippen LogP contribution in [0.2, 0.25) is 5.02 Å². The molecule has 0 radical (unpaired) electrons. The summed E-state index contributed by atoms with van der Waals surface area (Å²) in [6.07, 6.45) is 1.30. The van der Waals surface area contributed by atoms with E-state index in [1.807, 2.05) is 0 Å². The first-order valence-corrected chi connectivity index (χ1v) is 8.66. The first-order valence-electron chi connectivity index (χ1n) is 8.28. The van der Waals surface area contributed by atoms with Crippen molar-refractivity contribution in [3.8, 4) is 5.69 Å². The van der Waals surface area contributed by atoms with Crippen molar-refractivity contribution < 1.29 is 18.8 Å². The minimum Gasteiger partial charge on any atom is -0.364 e. The van der Waals surface area contributed by atoms with Gasteiger partial charge in [0.2, 0.25) is 0 Å². The highest BCUT2D eigenvalue weighted by Crippen LogP contribution is 2.22. The van der Waals surface area contributed by atoms with Crippen molar-refractivity contribution in [1.82, 2.24) is 14.9 Å². The highest BCUT2D eigenvalue weighted by atomic mass is 35.5.